The van der Waals surface area contributed by atoms with Crippen LogP contribution >= 0.6 is 22.6 Å². The van der Waals surface area contributed by atoms with Crippen molar-refractivity contribution >= 4 is 31.2 Å². The molecule has 0 aliphatic carbocycles. The third kappa shape index (κ3) is 2.85. The summed E-state index contributed by atoms with van der Waals surface area (Å²) in [5.74, 6) is 0. The van der Waals surface area contributed by atoms with Crippen LogP contribution in [0, 0.1) is 0 Å². The van der Waals surface area contributed by atoms with Crippen molar-refractivity contribution in [3.05, 3.63) is 0 Å². The minimum atomic E-state index is -1.73. The van der Waals surface area contributed by atoms with Gasteiger partial charge in [0.25, 0.3) is 0 Å². The number of rotatable bonds is 5. The summed E-state index contributed by atoms with van der Waals surface area (Å²) in [4.78, 5) is 0. The Bertz CT molecular complexity index is 77.6. The molecule has 0 aromatic rings. The van der Waals surface area contributed by atoms with E-state index < -0.39 is 8.56 Å². The summed E-state index contributed by atoms with van der Waals surface area (Å²) >= 11 is 2.34. The quantitative estimate of drug-likeness (QED) is 0.434. The molecule has 0 rings (SSSR count). The first kappa shape index (κ1) is 10.9. The Morgan fingerprint density at radius 2 is 1.80 bits per heavy atom. The van der Waals surface area contributed by atoms with Crippen LogP contribution in [-0.4, -0.2) is 26.8 Å². The summed E-state index contributed by atoms with van der Waals surface area (Å²) in [6.07, 6.45) is 1.15. The van der Waals surface area contributed by atoms with E-state index in [-0.39, 0.29) is 0 Å². The maximum Gasteiger partial charge on any atom is 0.347 e. The van der Waals surface area contributed by atoms with Crippen LogP contribution in [0.2, 0.25) is 6.04 Å². The normalized spacial score (nSPS) is 12.0. The molecule has 0 aliphatic rings. The highest BCUT2D eigenvalue weighted by molar-refractivity contribution is 14.1. The van der Waals surface area contributed by atoms with E-state index in [0.717, 1.165) is 16.5 Å². The fourth-order valence-corrected chi connectivity index (χ4v) is 5.55. The zero-order chi connectivity index (χ0) is 8.04. The average molecular weight is 274 g/mol. The zero-order valence-electron chi connectivity index (χ0n) is 6.82. The molecule has 0 fully saturated rings. The van der Waals surface area contributed by atoms with Gasteiger partial charge in [0, 0.05) is 18.3 Å². The minimum absolute atomic E-state index is 1.02. The first-order valence-corrected chi connectivity index (χ1v) is 7.16. The highest BCUT2D eigenvalue weighted by atomic mass is 127. The fraction of sp³-hybridized carbons (Fsp3) is 1.00. The summed E-state index contributed by atoms with van der Waals surface area (Å²) in [6, 6.07) is 1.10. The highest BCUT2D eigenvalue weighted by Gasteiger charge is 2.32. The Labute approximate surface area is 77.7 Å². The molecule has 0 radical (unpaired) electrons. The first-order valence-electron chi connectivity index (χ1n) is 3.41. The lowest BCUT2D eigenvalue weighted by molar-refractivity contribution is 0.249. The van der Waals surface area contributed by atoms with Gasteiger partial charge in [0.05, 0.1) is 0 Å². The molecule has 0 unspecified atom stereocenters. The summed E-state index contributed by atoms with van der Waals surface area (Å²) in [5.41, 5.74) is 0. The molecule has 0 aromatic heterocycles. The summed E-state index contributed by atoms with van der Waals surface area (Å²) in [7, 11) is 1.78. The third-order valence-electron chi connectivity index (χ3n) is 1.58. The van der Waals surface area contributed by atoms with Gasteiger partial charge in [-0.25, -0.2) is 0 Å². The van der Waals surface area contributed by atoms with Crippen molar-refractivity contribution in [1.82, 2.24) is 0 Å². The zero-order valence-corrected chi connectivity index (χ0v) is 9.97. The van der Waals surface area contributed by atoms with Gasteiger partial charge < -0.3 is 8.85 Å². The minimum Gasteiger partial charge on any atom is -0.397 e. The van der Waals surface area contributed by atoms with Gasteiger partial charge in [-0.3, -0.25) is 0 Å². The van der Waals surface area contributed by atoms with E-state index in [9.17, 15) is 0 Å². The smallest absolute Gasteiger partial charge is 0.347 e. The van der Waals surface area contributed by atoms with E-state index >= 15 is 0 Å². The fourth-order valence-electron chi connectivity index (χ4n) is 0.844. The van der Waals surface area contributed by atoms with Crippen LogP contribution in [0.5, 0.6) is 0 Å². The predicted octanol–water partition coefficient (Wildman–Crippen LogP) is 2.11. The van der Waals surface area contributed by atoms with Gasteiger partial charge in [-0.05, 0) is 6.04 Å². The van der Waals surface area contributed by atoms with Gasteiger partial charge in [-0.1, -0.05) is 35.9 Å². The highest BCUT2D eigenvalue weighted by Crippen LogP contribution is 2.16. The predicted molar refractivity (Wildman–Crippen MR) is 53.8 cm³/mol. The van der Waals surface area contributed by atoms with Crippen LogP contribution in [0.15, 0.2) is 0 Å². The van der Waals surface area contributed by atoms with E-state index in [2.05, 4.69) is 29.5 Å². The molecular formula is C6H15IO2Si. The topological polar surface area (TPSA) is 18.5 Å². The number of alkyl halides is 1. The van der Waals surface area contributed by atoms with Crippen LogP contribution in [0.3, 0.4) is 0 Å². The second kappa shape index (κ2) is 5.51. The van der Waals surface area contributed by atoms with Gasteiger partial charge in [0.1, 0.15) is 0 Å². The molecule has 0 spiro atoms. The van der Waals surface area contributed by atoms with Gasteiger partial charge in [0.2, 0.25) is 0 Å². The maximum atomic E-state index is 5.39. The van der Waals surface area contributed by atoms with Crippen LogP contribution in [-0.2, 0) is 8.85 Å². The molecule has 2 nitrogen and oxygen atoms in total. The standard InChI is InChI=1S/C6H15IO2Si/c1-4-5-10(6-7,8-2)9-3/h4-6H2,1-3H3. The van der Waals surface area contributed by atoms with E-state index in [0.29, 0.717) is 0 Å². The molecule has 0 saturated heterocycles. The molecular weight excluding hydrogens is 259 g/mol. The van der Waals surface area contributed by atoms with Crippen LogP contribution in [0.1, 0.15) is 13.3 Å². The van der Waals surface area contributed by atoms with E-state index in [4.69, 9.17) is 8.85 Å². The van der Waals surface area contributed by atoms with Gasteiger partial charge in [0.15, 0.2) is 0 Å². The molecule has 0 heterocycles. The lowest BCUT2D eigenvalue weighted by Gasteiger charge is -2.24. The number of hydrogen-bond acceptors (Lipinski definition) is 2. The molecule has 0 N–H and O–H groups in total. The largest absolute Gasteiger partial charge is 0.397 e. The van der Waals surface area contributed by atoms with Gasteiger partial charge >= 0.3 is 8.56 Å². The van der Waals surface area contributed by atoms with Crippen molar-refractivity contribution in [2.24, 2.45) is 0 Å². The van der Waals surface area contributed by atoms with Crippen molar-refractivity contribution in [3.8, 4) is 0 Å². The lowest BCUT2D eigenvalue weighted by atomic mass is 10.6. The van der Waals surface area contributed by atoms with Crippen molar-refractivity contribution in [2.45, 2.75) is 19.4 Å². The molecule has 4 heteroatoms. The van der Waals surface area contributed by atoms with Crippen LogP contribution in [0.4, 0.5) is 0 Å². The Balaban J connectivity index is 3.87. The molecule has 0 aliphatic heterocycles. The molecule has 0 saturated carbocycles. The molecule has 10 heavy (non-hydrogen) atoms. The molecule has 0 aromatic carbocycles. The van der Waals surface area contributed by atoms with E-state index in [1.54, 1.807) is 14.2 Å². The van der Waals surface area contributed by atoms with Gasteiger partial charge in [-0.2, -0.15) is 0 Å². The third-order valence-corrected chi connectivity index (χ3v) is 8.22. The summed E-state index contributed by atoms with van der Waals surface area (Å²) in [5, 5.41) is 0. The second-order valence-corrected chi connectivity index (χ2v) is 7.90. The monoisotopic (exact) mass is 274 g/mol. The second-order valence-electron chi connectivity index (χ2n) is 2.20. The van der Waals surface area contributed by atoms with E-state index in [1.165, 1.54) is 0 Å². The SMILES string of the molecule is CCC[Si](CI)(OC)OC. The van der Waals surface area contributed by atoms with Crippen molar-refractivity contribution in [2.75, 3.05) is 18.3 Å². The molecule has 0 atom stereocenters. The maximum absolute atomic E-state index is 5.39. The Morgan fingerprint density at radius 3 is 1.90 bits per heavy atom. The summed E-state index contributed by atoms with van der Waals surface area (Å²) < 4.78 is 11.8. The molecule has 0 bridgehead atoms. The molecule has 62 valence electrons. The lowest BCUT2D eigenvalue weighted by Crippen LogP contribution is -2.42. The Kier molecular flexibility index (Phi) is 5.99. The number of hydrogen-bond donors (Lipinski definition) is 0. The summed E-state index contributed by atoms with van der Waals surface area (Å²) in [6.45, 7) is 2.16. The van der Waals surface area contributed by atoms with Crippen LogP contribution < -0.4 is 0 Å². The van der Waals surface area contributed by atoms with E-state index in [1.807, 2.05) is 0 Å². The Morgan fingerprint density at radius 1 is 1.30 bits per heavy atom. The Hall–Kier alpha value is 0.867. The first-order chi connectivity index (χ1) is 4.74. The average Bonchev–Trinajstić information content (AvgIpc) is 2.01. The van der Waals surface area contributed by atoms with Gasteiger partial charge in [-0.15, -0.1) is 0 Å². The number of halogens is 1. The molecule has 0 amide bonds. The van der Waals surface area contributed by atoms with Crippen molar-refractivity contribution in [3.63, 3.8) is 0 Å². The van der Waals surface area contributed by atoms with Crippen molar-refractivity contribution < 1.29 is 8.85 Å². The van der Waals surface area contributed by atoms with Crippen LogP contribution in [0.25, 0.3) is 0 Å². The van der Waals surface area contributed by atoms with Crippen molar-refractivity contribution in [1.29, 1.82) is 0 Å².